The Morgan fingerprint density at radius 2 is 2.44 bits per heavy atom. The maximum absolute atomic E-state index is 12.2. The maximum atomic E-state index is 12.2. The van der Waals surface area contributed by atoms with Crippen molar-refractivity contribution in [3.63, 3.8) is 0 Å². The van der Waals surface area contributed by atoms with Gasteiger partial charge in [0, 0.05) is 32.3 Å². The van der Waals surface area contributed by atoms with Crippen LogP contribution in [0.15, 0.2) is 23.2 Å². The largest absolute Gasteiger partial charge is 0.343 e. The van der Waals surface area contributed by atoms with Gasteiger partial charge in [-0.2, -0.15) is 10.1 Å². The van der Waals surface area contributed by atoms with Crippen molar-refractivity contribution < 1.29 is 9.32 Å². The summed E-state index contributed by atoms with van der Waals surface area (Å²) in [6.45, 7) is 1.34. The van der Waals surface area contributed by atoms with Gasteiger partial charge in [-0.3, -0.25) is 9.48 Å². The topological polar surface area (TPSA) is 77.0 Å². The van der Waals surface area contributed by atoms with Crippen molar-refractivity contribution in [1.82, 2.24) is 24.8 Å². The number of aromatic nitrogens is 4. The molecule has 1 aliphatic heterocycles. The van der Waals surface area contributed by atoms with Gasteiger partial charge in [-0.1, -0.05) is 5.16 Å². The van der Waals surface area contributed by atoms with E-state index in [0.29, 0.717) is 24.6 Å². The molecule has 2 aromatic rings. The Kier molecular flexibility index (Phi) is 2.58. The van der Waals surface area contributed by atoms with Crippen molar-refractivity contribution in [2.45, 2.75) is 12.3 Å². The fourth-order valence-electron chi connectivity index (χ4n) is 2.26. The number of aryl methyl sites for hydroxylation is 1. The van der Waals surface area contributed by atoms with E-state index in [0.717, 1.165) is 6.42 Å². The highest BCUT2D eigenvalue weighted by molar-refractivity contribution is 5.92. The van der Waals surface area contributed by atoms with E-state index >= 15 is 0 Å². The Morgan fingerprint density at radius 1 is 1.56 bits per heavy atom. The summed E-state index contributed by atoms with van der Waals surface area (Å²) < 4.78 is 6.32. The second-order valence-corrected chi connectivity index (χ2v) is 4.37. The minimum Gasteiger partial charge on any atom is -0.343 e. The molecule has 0 unspecified atom stereocenters. The summed E-state index contributed by atoms with van der Waals surface area (Å²) in [7, 11) is 1.76. The van der Waals surface area contributed by atoms with Crippen LogP contribution in [0.5, 0.6) is 0 Å². The fraction of sp³-hybridized carbons (Fsp3) is 0.455. The number of likely N-dealkylation sites (tertiary alicyclic amines) is 1. The molecule has 0 aliphatic carbocycles. The predicted octanol–water partition coefficient (Wildman–Crippen LogP) is 0.433. The average molecular weight is 247 g/mol. The number of rotatable bonds is 2. The van der Waals surface area contributed by atoms with E-state index in [2.05, 4.69) is 15.2 Å². The van der Waals surface area contributed by atoms with Gasteiger partial charge in [0.2, 0.25) is 6.39 Å². The predicted molar refractivity (Wildman–Crippen MR) is 60.8 cm³/mol. The average Bonchev–Trinajstić information content (AvgIpc) is 3.09. The van der Waals surface area contributed by atoms with E-state index < -0.39 is 0 Å². The SMILES string of the molecule is Cn1nccc1C(=O)N1CC[C@@H](c2ncon2)C1. The van der Waals surface area contributed by atoms with Crippen molar-refractivity contribution in [3.8, 4) is 0 Å². The molecule has 7 heteroatoms. The molecule has 0 aromatic carbocycles. The Morgan fingerprint density at radius 3 is 3.11 bits per heavy atom. The number of nitrogens with zero attached hydrogens (tertiary/aromatic N) is 5. The third kappa shape index (κ3) is 1.77. The van der Waals surface area contributed by atoms with Gasteiger partial charge < -0.3 is 9.42 Å². The zero-order valence-electron chi connectivity index (χ0n) is 9.98. The summed E-state index contributed by atoms with van der Waals surface area (Å²) >= 11 is 0. The van der Waals surface area contributed by atoms with E-state index in [1.807, 2.05) is 0 Å². The van der Waals surface area contributed by atoms with Crippen molar-refractivity contribution in [1.29, 1.82) is 0 Å². The minimum absolute atomic E-state index is 0.000921. The van der Waals surface area contributed by atoms with Gasteiger partial charge in [-0.05, 0) is 12.5 Å². The lowest BCUT2D eigenvalue weighted by atomic mass is 10.1. The highest BCUT2D eigenvalue weighted by Gasteiger charge is 2.31. The molecule has 0 spiro atoms. The molecule has 3 rings (SSSR count). The van der Waals surface area contributed by atoms with E-state index in [1.54, 1.807) is 28.9 Å². The van der Waals surface area contributed by atoms with Gasteiger partial charge in [0.25, 0.3) is 5.91 Å². The van der Waals surface area contributed by atoms with Gasteiger partial charge in [0.1, 0.15) is 5.69 Å². The van der Waals surface area contributed by atoms with Crippen LogP contribution in [-0.4, -0.2) is 43.8 Å². The quantitative estimate of drug-likeness (QED) is 0.769. The summed E-state index contributed by atoms with van der Waals surface area (Å²) in [6, 6.07) is 1.73. The van der Waals surface area contributed by atoms with Crippen molar-refractivity contribution in [3.05, 3.63) is 30.2 Å². The van der Waals surface area contributed by atoms with Crippen LogP contribution in [0, 0.1) is 0 Å². The van der Waals surface area contributed by atoms with E-state index in [1.165, 1.54) is 6.39 Å². The van der Waals surface area contributed by atoms with Crippen LogP contribution >= 0.6 is 0 Å². The summed E-state index contributed by atoms with van der Waals surface area (Å²) in [5.74, 6) is 0.845. The smallest absolute Gasteiger partial charge is 0.272 e. The lowest BCUT2D eigenvalue weighted by Gasteiger charge is -2.15. The van der Waals surface area contributed by atoms with Crippen LogP contribution in [0.3, 0.4) is 0 Å². The van der Waals surface area contributed by atoms with E-state index in [-0.39, 0.29) is 11.8 Å². The first-order chi connectivity index (χ1) is 8.75. The van der Waals surface area contributed by atoms with Crippen molar-refractivity contribution >= 4 is 5.91 Å². The Bertz CT molecular complexity index is 548. The molecule has 1 aliphatic rings. The van der Waals surface area contributed by atoms with Crippen molar-refractivity contribution in [2.24, 2.45) is 7.05 Å². The number of carbonyl (C=O) groups excluding carboxylic acids is 1. The van der Waals surface area contributed by atoms with E-state index in [9.17, 15) is 4.79 Å². The summed E-state index contributed by atoms with van der Waals surface area (Å²) in [4.78, 5) is 18.1. The molecule has 0 saturated carbocycles. The molecule has 1 saturated heterocycles. The summed E-state index contributed by atoms with van der Waals surface area (Å²) in [6.07, 6.45) is 3.81. The Labute approximate surface area is 103 Å². The van der Waals surface area contributed by atoms with Crippen LogP contribution in [0.25, 0.3) is 0 Å². The molecule has 2 aromatic heterocycles. The molecule has 1 amide bonds. The Hall–Kier alpha value is -2.18. The monoisotopic (exact) mass is 247 g/mol. The first-order valence-electron chi connectivity index (χ1n) is 5.79. The number of hydrogen-bond donors (Lipinski definition) is 0. The number of amides is 1. The third-order valence-electron chi connectivity index (χ3n) is 3.26. The maximum Gasteiger partial charge on any atom is 0.272 e. The standard InChI is InChI=1S/C11H13N5O2/c1-15-9(2-4-13-15)11(17)16-5-3-8(6-16)10-12-7-18-14-10/h2,4,7-8H,3,5-6H2,1H3/t8-/m1/s1. The zero-order chi connectivity index (χ0) is 12.5. The summed E-state index contributed by atoms with van der Waals surface area (Å²) in [5.41, 5.74) is 0.601. The molecule has 0 radical (unpaired) electrons. The molecule has 0 bridgehead atoms. The molecule has 7 nitrogen and oxygen atoms in total. The van der Waals surface area contributed by atoms with Gasteiger partial charge in [-0.15, -0.1) is 0 Å². The lowest BCUT2D eigenvalue weighted by Crippen LogP contribution is -2.30. The second kappa shape index (κ2) is 4.25. The van der Waals surface area contributed by atoms with Gasteiger partial charge in [-0.25, -0.2) is 0 Å². The molecular weight excluding hydrogens is 234 g/mol. The van der Waals surface area contributed by atoms with Gasteiger partial charge in [0.15, 0.2) is 5.82 Å². The van der Waals surface area contributed by atoms with Crippen LogP contribution < -0.4 is 0 Å². The first-order valence-corrected chi connectivity index (χ1v) is 5.79. The van der Waals surface area contributed by atoms with Crippen molar-refractivity contribution in [2.75, 3.05) is 13.1 Å². The normalized spacial score (nSPS) is 19.4. The van der Waals surface area contributed by atoms with E-state index in [4.69, 9.17) is 4.52 Å². The molecule has 1 fully saturated rings. The first kappa shape index (κ1) is 10.9. The highest BCUT2D eigenvalue weighted by Crippen LogP contribution is 2.25. The molecule has 1 atom stereocenters. The highest BCUT2D eigenvalue weighted by atomic mass is 16.5. The molecule has 3 heterocycles. The second-order valence-electron chi connectivity index (χ2n) is 4.37. The van der Waals surface area contributed by atoms with Gasteiger partial charge >= 0.3 is 0 Å². The molecule has 94 valence electrons. The molecule has 0 N–H and O–H groups in total. The van der Waals surface area contributed by atoms with Gasteiger partial charge in [0.05, 0.1) is 0 Å². The summed E-state index contributed by atoms with van der Waals surface area (Å²) in [5, 5.41) is 7.84. The van der Waals surface area contributed by atoms with Crippen LogP contribution in [-0.2, 0) is 7.05 Å². The van der Waals surface area contributed by atoms with Crippen LogP contribution in [0.2, 0.25) is 0 Å². The zero-order valence-corrected chi connectivity index (χ0v) is 9.98. The molecular formula is C11H13N5O2. The third-order valence-corrected chi connectivity index (χ3v) is 3.26. The Balaban J connectivity index is 1.73. The van der Waals surface area contributed by atoms with Crippen LogP contribution in [0.1, 0.15) is 28.7 Å². The molecule has 18 heavy (non-hydrogen) atoms. The fourth-order valence-corrected chi connectivity index (χ4v) is 2.26. The van der Waals surface area contributed by atoms with Crippen LogP contribution in [0.4, 0.5) is 0 Å². The lowest BCUT2D eigenvalue weighted by molar-refractivity contribution is 0.0779. The minimum atomic E-state index is 0.000921. The number of carbonyl (C=O) groups is 1. The number of hydrogen-bond acceptors (Lipinski definition) is 5.